The van der Waals surface area contributed by atoms with E-state index in [-0.39, 0.29) is 4.32 Å². The third-order valence-corrected chi connectivity index (χ3v) is 4.62. The number of carbonyl (C=O) groups excluding carboxylic acids is 1. The van der Waals surface area contributed by atoms with Gasteiger partial charge in [0.25, 0.3) is 5.91 Å². The number of hydrogen-bond acceptors (Lipinski definition) is 6. The van der Waals surface area contributed by atoms with Crippen molar-refractivity contribution in [2.24, 2.45) is 0 Å². The van der Waals surface area contributed by atoms with Crippen LogP contribution in [0, 0.1) is 0 Å². The standard InChI is InChI=1S/C15H15NO5S2/c1-8(14(18)19)16-13(17)11(23-15(16)22)7-9-5-4-6-10(20-2)12(9)21-3/h4-8H,1-3H3,(H,18,19)/b11-7+/t8-/m1/s1. The molecule has 1 amide bonds. The molecule has 1 saturated heterocycles. The number of aliphatic carboxylic acids is 1. The number of carboxylic acid groups (broad SMARTS) is 1. The normalized spacial score (nSPS) is 17.5. The number of thioether (sulfide) groups is 1. The van der Waals surface area contributed by atoms with Gasteiger partial charge >= 0.3 is 5.97 Å². The van der Waals surface area contributed by atoms with E-state index >= 15 is 0 Å². The fraction of sp³-hybridized carbons (Fsp3) is 0.267. The molecule has 0 aromatic heterocycles. The lowest BCUT2D eigenvalue weighted by Gasteiger charge is -2.18. The first kappa shape index (κ1) is 17.3. The van der Waals surface area contributed by atoms with Crippen LogP contribution in [0.2, 0.25) is 0 Å². The number of hydrogen-bond donors (Lipinski definition) is 1. The highest BCUT2D eigenvalue weighted by Gasteiger charge is 2.38. The second-order valence-electron chi connectivity index (χ2n) is 4.65. The van der Waals surface area contributed by atoms with Crippen LogP contribution in [0.25, 0.3) is 6.08 Å². The highest BCUT2D eigenvalue weighted by atomic mass is 32.2. The van der Waals surface area contributed by atoms with Crippen LogP contribution >= 0.6 is 24.0 Å². The number of methoxy groups -OCH3 is 2. The Labute approximate surface area is 143 Å². The molecule has 0 saturated carbocycles. The minimum absolute atomic E-state index is 0.220. The van der Waals surface area contributed by atoms with Gasteiger partial charge in [0.05, 0.1) is 19.1 Å². The van der Waals surface area contributed by atoms with Crippen molar-refractivity contribution in [3.63, 3.8) is 0 Å². The van der Waals surface area contributed by atoms with Crippen LogP contribution in [0.1, 0.15) is 12.5 Å². The van der Waals surface area contributed by atoms with Gasteiger partial charge in [-0.1, -0.05) is 36.1 Å². The second kappa shape index (κ2) is 7.01. The van der Waals surface area contributed by atoms with Crippen molar-refractivity contribution in [2.45, 2.75) is 13.0 Å². The summed E-state index contributed by atoms with van der Waals surface area (Å²) < 4.78 is 10.8. The Morgan fingerprint density at radius 1 is 1.39 bits per heavy atom. The third kappa shape index (κ3) is 3.32. The second-order valence-corrected chi connectivity index (χ2v) is 6.32. The molecule has 1 aromatic rings. The van der Waals surface area contributed by atoms with E-state index in [1.165, 1.54) is 21.1 Å². The Morgan fingerprint density at radius 2 is 2.09 bits per heavy atom. The Hall–Kier alpha value is -2.06. The molecule has 1 N–H and O–H groups in total. The quantitative estimate of drug-likeness (QED) is 0.643. The average molecular weight is 353 g/mol. The summed E-state index contributed by atoms with van der Waals surface area (Å²) in [4.78, 5) is 25.0. The zero-order valence-electron chi connectivity index (χ0n) is 12.7. The lowest BCUT2D eigenvalue weighted by molar-refractivity contribution is -0.144. The first-order chi connectivity index (χ1) is 10.9. The van der Waals surface area contributed by atoms with Gasteiger partial charge in [0.1, 0.15) is 10.4 Å². The number of thiocarbonyl (C=S) groups is 1. The zero-order valence-corrected chi connectivity index (χ0v) is 14.4. The van der Waals surface area contributed by atoms with Crippen molar-refractivity contribution >= 4 is 46.3 Å². The number of ether oxygens (including phenoxy) is 2. The number of para-hydroxylation sites is 1. The number of nitrogens with zero attached hydrogens (tertiary/aromatic N) is 1. The fourth-order valence-electron chi connectivity index (χ4n) is 2.09. The average Bonchev–Trinajstić information content (AvgIpc) is 2.80. The summed E-state index contributed by atoms with van der Waals surface area (Å²) >= 11 is 6.19. The van der Waals surface area contributed by atoms with E-state index in [1.807, 2.05) is 0 Å². The molecule has 0 radical (unpaired) electrons. The molecule has 1 aromatic carbocycles. The Kier molecular flexibility index (Phi) is 5.27. The first-order valence-corrected chi connectivity index (χ1v) is 7.84. The Bertz CT molecular complexity index is 701. The van der Waals surface area contributed by atoms with Crippen LogP contribution in [0.4, 0.5) is 0 Å². The lowest BCUT2D eigenvalue weighted by Crippen LogP contribution is -2.41. The van der Waals surface area contributed by atoms with E-state index in [0.29, 0.717) is 22.0 Å². The van der Waals surface area contributed by atoms with Crippen molar-refractivity contribution in [1.29, 1.82) is 0 Å². The monoisotopic (exact) mass is 353 g/mol. The SMILES string of the molecule is COc1cccc(/C=C2/SC(=S)N([C@H](C)C(=O)O)C2=O)c1OC. The molecule has 1 aliphatic rings. The van der Waals surface area contributed by atoms with Crippen LogP contribution in [-0.2, 0) is 9.59 Å². The number of carboxylic acids is 1. The molecule has 0 bridgehead atoms. The molecule has 0 spiro atoms. The summed E-state index contributed by atoms with van der Waals surface area (Å²) in [5.41, 5.74) is 0.648. The smallest absolute Gasteiger partial charge is 0.326 e. The largest absolute Gasteiger partial charge is 0.493 e. The number of benzene rings is 1. The molecule has 2 rings (SSSR count). The molecular formula is C15H15NO5S2. The molecule has 1 aliphatic heterocycles. The van der Waals surface area contributed by atoms with Gasteiger partial charge in [-0.3, -0.25) is 9.69 Å². The molecule has 23 heavy (non-hydrogen) atoms. The summed E-state index contributed by atoms with van der Waals surface area (Å²) in [7, 11) is 3.03. The van der Waals surface area contributed by atoms with Gasteiger partial charge < -0.3 is 14.6 Å². The van der Waals surface area contributed by atoms with Gasteiger partial charge in [-0.05, 0) is 19.1 Å². The Balaban J connectivity index is 2.40. The lowest BCUT2D eigenvalue weighted by atomic mass is 10.1. The van der Waals surface area contributed by atoms with Crippen molar-refractivity contribution in [3.8, 4) is 11.5 Å². The maximum absolute atomic E-state index is 12.4. The van der Waals surface area contributed by atoms with Gasteiger partial charge in [-0.2, -0.15) is 0 Å². The number of amides is 1. The van der Waals surface area contributed by atoms with Crippen molar-refractivity contribution < 1.29 is 24.2 Å². The molecule has 0 aliphatic carbocycles. The van der Waals surface area contributed by atoms with Crippen molar-refractivity contribution in [1.82, 2.24) is 4.90 Å². The minimum Gasteiger partial charge on any atom is -0.493 e. The number of carbonyl (C=O) groups is 2. The predicted molar refractivity (Wildman–Crippen MR) is 91.7 cm³/mol. The maximum Gasteiger partial charge on any atom is 0.326 e. The summed E-state index contributed by atoms with van der Waals surface area (Å²) in [5, 5.41) is 9.09. The molecule has 1 atom stereocenters. The van der Waals surface area contributed by atoms with Gasteiger partial charge in [-0.15, -0.1) is 0 Å². The fourth-order valence-corrected chi connectivity index (χ4v) is 3.50. The first-order valence-electron chi connectivity index (χ1n) is 6.61. The molecule has 122 valence electrons. The van der Waals surface area contributed by atoms with Crippen LogP contribution in [0.3, 0.4) is 0 Å². The summed E-state index contributed by atoms with van der Waals surface area (Å²) in [6, 6.07) is 4.27. The summed E-state index contributed by atoms with van der Waals surface area (Å²) in [6.45, 7) is 1.42. The van der Waals surface area contributed by atoms with E-state index in [4.69, 9.17) is 26.8 Å². The third-order valence-electron chi connectivity index (χ3n) is 3.29. The topological polar surface area (TPSA) is 76.1 Å². The van der Waals surface area contributed by atoms with E-state index in [9.17, 15) is 9.59 Å². The van der Waals surface area contributed by atoms with E-state index < -0.39 is 17.9 Å². The van der Waals surface area contributed by atoms with Gasteiger partial charge in [0.15, 0.2) is 11.5 Å². The zero-order chi connectivity index (χ0) is 17.1. The summed E-state index contributed by atoms with van der Waals surface area (Å²) in [5.74, 6) is -0.511. The predicted octanol–water partition coefficient (Wildman–Crippen LogP) is 2.38. The minimum atomic E-state index is -1.11. The molecular weight excluding hydrogens is 338 g/mol. The van der Waals surface area contributed by atoms with Crippen LogP contribution in [0.15, 0.2) is 23.1 Å². The van der Waals surface area contributed by atoms with Crippen LogP contribution in [-0.4, -0.2) is 46.5 Å². The molecule has 1 fully saturated rings. The summed E-state index contributed by atoms with van der Waals surface area (Å²) in [6.07, 6.45) is 1.62. The number of rotatable bonds is 5. The van der Waals surface area contributed by atoms with Crippen molar-refractivity contribution in [3.05, 3.63) is 28.7 Å². The van der Waals surface area contributed by atoms with E-state index in [0.717, 1.165) is 16.7 Å². The van der Waals surface area contributed by atoms with Crippen LogP contribution in [0.5, 0.6) is 11.5 Å². The maximum atomic E-state index is 12.4. The van der Waals surface area contributed by atoms with E-state index in [2.05, 4.69) is 0 Å². The van der Waals surface area contributed by atoms with E-state index in [1.54, 1.807) is 24.3 Å². The molecule has 0 unspecified atom stereocenters. The molecule has 1 heterocycles. The van der Waals surface area contributed by atoms with Crippen molar-refractivity contribution in [2.75, 3.05) is 14.2 Å². The Morgan fingerprint density at radius 3 is 2.65 bits per heavy atom. The van der Waals surface area contributed by atoms with Crippen LogP contribution < -0.4 is 9.47 Å². The molecule has 6 nitrogen and oxygen atoms in total. The highest BCUT2D eigenvalue weighted by Crippen LogP contribution is 2.37. The van der Waals surface area contributed by atoms with Gasteiger partial charge in [0.2, 0.25) is 0 Å². The molecule has 8 heteroatoms. The van der Waals surface area contributed by atoms with Gasteiger partial charge in [0, 0.05) is 5.56 Å². The highest BCUT2D eigenvalue weighted by molar-refractivity contribution is 8.26. The van der Waals surface area contributed by atoms with Gasteiger partial charge in [-0.25, -0.2) is 4.79 Å².